The van der Waals surface area contributed by atoms with Crippen LogP contribution in [-0.4, -0.2) is 75.6 Å². The molecule has 8 rings (SSSR count). The van der Waals surface area contributed by atoms with E-state index >= 15 is 0 Å². The lowest BCUT2D eigenvalue weighted by Crippen LogP contribution is -2.57. The van der Waals surface area contributed by atoms with Gasteiger partial charge in [-0.1, -0.05) is 91.0 Å². The molecule has 14 nitrogen and oxygen atoms in total. The van der Waals surface area contributed by atoms with Gasteiger partial charge >= 0.3 is 0 Å². The van der Waals surface area contributed by atoms with E-state index in [0.717, 1.165) is 16.7 Å². The maximum absolute atomic E-state index is 14.1. The van der Waals surface area contributed by atoms with Gasteiger partial charge in [-0.25, -0.2) is 15.0 Å². The van der Waals surface area contributed by atoms with E-state index in [1.807, 2.05) is 78.9 Å². The quantitative estimate of drug-likeness (QED) is 0.119. The minimum atomic E-state index is -2.25. The van der Waals surface area contributed by atoms with Crippen molar-refractivity contribution in [1.29, 1.82) is 0 Å². The molecular weight excluding hydrogens is 753 g/mol. The van der Waals surface area contributed by atoms with Gasteiger partial charge in [0.25, 0.3) is 17.5 Å². The first-order chi connectivity index (χ1) is 28.8. The third-order valence-corrected chi connectivity index (χ3v) is 10.4. The van der Waals surface area contributed by atoms with Gasteiger partial charge in [0.1, 0.15) is 47.7 Å². The van der Waals surface area contributed by atoms with Crippen LogP contribution in [0.3, 0.4) is 0 Å². The number of carbonyl (C=O) groups is 2. The van der Waals surface area contributed by atoms with Crippen LogP contribution in [0.5, 0.6) is 17.2 Å². The summed E-state index contributed by atoms with van der Waals surface area (Å²) in [4.78, 5) is 40.5. The first-order valence-corrected chi connectivity index (χ1v) is 18.7. The lowest BCUT2D eigenvalue weighted by Gasteiger charge is -2.37. The second kappa shape index (κ2) is 16.4. The van der Waals surface area contributed by atoms with E-state index in [9.17, 15) is 14.7 Å². The number of para-hydroxylation sites is 1. The summed E-state index contributed by atoms with van der Waals surface area (Å²) in [5.41, 5.74) is 5.61. The van der Waals surface area contributed by atoms with E-state index in [-0.39, 0.29) is 23.6 Å². The molecule has 14 heteroatoms. The summed E-state index contributed by atoms with van der Waals surface area (Å²) >= 11 is 0. The van der Waals surface area contributed by atoms with Crippen LogP contribution in [0, 0.1) is 0 Å². The number of hydrogen-bond donors (Lipinski definition) is 3. The van der Waals surface area contributed by atoms with Gasteiger partial charge in [0, 0.05) is 5.56 Å². The molecule has 5 aromatic carbocycles. The molecular formula is C45H40N6O8. The van der Waals surface area contributed by atoms with Gasteiger partial charge in [-0.15, -0.1) is 0 Å². The Kier molecular flexibility index (Phi) is 10.8. The Bertz CT molecular complexity index is 2490. The number of anilines is 1. The van der Waals surface area contributed by atoms with Crippen molar-refractivity contribution in [2.45, 2.75) is 29.6 Å². The molecule has 2 aromatic heterocycles. The molecule has 0 spiro atoms. The molecule has 0 unspecified atom stereocenters. The number of nitrogens with one attached hydrogen (secondary N) is 1. The molecule has 298 valence electrons. The lowest BCUT2D eigenvalue weighted by atomic mass is 9.80. The van der Waals surface area contributed by atoms with Crippen molar-refractivity contribution in [3.63, 3.8) is 0 Å². The first-order valence-electron chi connectivity index (χ1n) is 18.7. The number of carbonyl (C=O) groups excluding carboxylic acids is 2. The standard InChI is InChI=1S/C45H40N6O8/c1-55-33-22-18-31(19-23-33)44(30-14-8-4-9-15-30,32-20-24-34(56-2)25-21-32)57-26-36-38(52)39(58-35-16-10-5-11-17-35)45(59-36,43(46)54)51-28-49-37-40(47-27-48-41(37)51)50-42(53)29-12-6-3-7-13-29/h3-25,27-28,36,38-39,52H,26H2,1-2H3,(H2,46,54)(H,47,48,50,53)/t36-,38-,39-,45+/m1/s1. The summed E-state index contributed by atoms with van der Waals surface area (Å²) < 4.78 is 32.5. The number of aliphatic hydroxyl groups excluding tert-OH is 1. The normalized spacial score (nSPS) is 18.9. The monoisotopic (exact) mass is 792 g/mol. The molecule has 4 N–H and O–H groups in total. The number of hydrogen-bond acceptors (Lipinski definition) is 11. The summed E-state index contributed by atoms with van der Waals surface area (Å²) in [5, 5.41) is 15.1. The summed E-state index contributed by atoms with van der Waals surface area (Å²) in [7, 11) is 3.18. The van der Waals surface area contributed by atoms with E-state index in [1.54, 1.807) is 74.9 Å². The molecule has 59 heavy (non-hydrogen) atoms. The number of rotatable bonds is 14. The summed E-state index contributed by atoms with van der Waals surface area (Å²) in [6, 6.07) is 41.9. The Balaban J connectivity index is 1.23. The number of methoxy groups -OCH3 is 2. The largest absolute Gasteiger partial charge is 0.497 e. The van der Waals surface area contributed by atoms with Gasteiger partial charge in [0.05, 0.1) is 20.8 Å². The summed E-state index contributed by atoms with van der Waals surface area (Å²) in [5.74, 6) is 0.255. The zero-order valence-corrected chi connectivity index (χ0v) is 32.0. The molecule has 0 radical (unpaired) electrons. The second-order valence-electron chi connectivity index (χ2n) is 13.7. The molecule has 4 atom stereocenters. The SMILES string of the molecule is COc1ccc(C(OC[C@H]2O[C@@](C(N)=O)(n3cnc4c(NC(=O)c5ccccc5)ncnc43)[C@H](Oc3ccccc3)[C@@H]2O)(c2ccccc2)c2ccc(OC)cc2)cc1. The van der Waals surface area contributed by atoms with Crippen LogP contribution in [-0.2, 0) is 25.6 Å². The third kappa shape index (κ3) is 7.09. The van der Waals surface area contributed by atoms with Crippen molar-refractivity contribution in [3.8, 4) is 17.2 Å². The maximum Gasteiger partial charge on any atom is 0.275 e. The van der Waals surface area contributed by atoms with Crippen molar-refractivity contribution in [2.24, 2.45) is 5.73 Å². The fourth-order valence-corrected chi connectivity index (χ4v) is 7.45. The number of ether oxygens (including phenoxy) is 5. The van der Waals surface area contributed by atoms with E-state index in [1.165, 1.54) is 17.2 Å². The van der Waals surface area contributed by atoms with E-state index in [0.29, 0.717) is 22.8 Å². The first kappa shape index (κ1) is 38.7. The second-order valence-corrected chi connectivity index (χ2v) is 13.7. The Morgan fingerprint density at radius 2 is 1.32 bits per heavy atom. The summed E-state index contributed by atoms with van der Waals surface area (Å²) in [6.45, 7) is -0.280. The Morgan fingerprint density at radius 1 is 0.763 bits per heavy atom. The van der Waals surface area contributed by atoms with Gasteiger partial charge in [-0.2, -0.15) is 0 Å². The predicted octanol–water partition coefficient (Wildman–Crippen LogP) is 5.45. The van der Waals surface area contributed by atoms with Crippen LogP contribution in [0.2, 0.25) is 0 Å². The van der Waals surface area contributed by atoms with Crippen LogP contribution in [0.25, 0.3) is 11.2 Å². The molecule has 0 bridgehead atoms. The minimum Gasteiger partial charge on any atom is -0.497 e. The van der Waals surface area contributed by atoms with Crippen LogP contribution in [0.4, 0.5) is 5.82 Å². The average Bonchev–Trinajstić information content (AvgIpc) is 3.85. The molecule has 1 aliphatic rings. The number of nitrogens with two attached hydrogens (primary N) is 1. The van der Waals surface area contributed by atoms with Crippen molar-refractivity contribution < 1.29 is 38.4 Å². The fraction of sp³-hybridized carbons (Fsp3) is 0.178. The number of amides is 2. The van der Waals surface area contributed by atoms with Gasteiger partial charge in [0.2, 0.25) is 0 Å². The lowest BCUT2D eigenvalue weighted by molar-refractivity contribution is -0.174. The number of aromatic nitrogens is 4. The number of imidazole rings is 1. The van der Waals surface area contributed by atoms with Crippen LogP contribution >= 0.6 is 0 Å². The fourth-order valence-electron chi connectivity index (χ4n) is 7.45. The van der Waals surface area contributed by atoms with Crippen molar-refractivity contribution >= 4 is 28.8 Å². The topological polar surface area (TPSA) is 182 Å². The highest BCUT2D eigenvalue weighted by molar-refractivity contribution is 6.06. The highest BCUT2D eigenvalue weighted by Gasteiger charge is 2.63. The number of nitrogens with zero attached hydrogens (tertiary/aromatic N) is 4. The van der Waals surface area contributed by atoms with Crippen molar-refractivity contribution in [2.75, 3.05) is 26.1 Å². The molecule has 1 fully saturated rings. The predicted molar refractivity (Wildman–Crippen MR) is 217 cm³/mol. The zero-order valence-electron chi connectivity index (χ0n) is 32.0. The highest BCUT2D eigenvalue weighted by Crippen LogP contribution is 2.45. The smallest absolute Gasteiger partial charge is 0.275 e. The number of primary amides is 1. The molecule has 0 aliphatic carbocycles. The van der Waals surface area contributed by atoms with Crippen LogP contribution in [0.15, 0.2) is 152 Å². The third-order valence-electron chi connectivity index (χ3n) is 10.4. The van der Waals surface area contributed by atoms with Crippen LogP contribution < -0.4 is 25.3 Å². The van der Waals surface area contributed by atoms with E-state index in [4.69, 9.17) is 29.4 Å². The van der Waals surface area contributed by atoms with Crippen LogP contribution in [0.1, 0.15) is 27.0 Å². The molecule has 1 aliphatic heterocycles. The maximum atomic E-state index is 14.1. The summed E-state index contributed by atoms with van der Waals surface area (Å²) in [6.07, 6.45) is -1.69. The molecule has 2 amide bonds. The zero-order chi connectivity index (χ0) is 41.0. The van der Waals surface area contributed by atoms with Gasteiger partial charge < -0.3 is 39.8 Å². The average molecular weight is 793 g/mol. The molecule has 7 aromatic rings. The molecule has 3 heterocycles. The number of fused-ring (bicyclic) bond motifs is 1. The van der Waals surface area contributed by atoms with E-state index < -0.39 is 41.5 Å². The van der Waals surface area contributed by atoms with Gasteiger partial charge in [0.15, 0.2) is 23.1 Å². The van der Waals surface area contributed by atoms with Crippen molar-refractivity contribution in [3.05, 3.63) is 174 Å². The Morgan fingerprint density at radius 3 is 1.90 bits per heavy atom. The number of aliphatic hydroxyl groups is 1. The van der Waals surface area contributed by atoms with Gasteiger partial charge in [-0.05, 0) is 65.2 Å². The highest BCUT2D eigenvalue weighted by atomic mass is 16.6. The Labute approximate surface area is 339 Å². The van der Waals surface area contributed by atoms with Crippen molar-refractivity contribution in [1.82, 2.24) is 19.5 Å². The Hall–Kier alpha value is -7.13. The number of benzene rings is 5. The minimum absolute atomic E-state index is 0.0766. The van der Waals surface area contributed by atoms with Gasteiger partial charge in [-0.3, -0.25) is 14.2 Å². The van der Waals surface area contributed by atoms with E-state index in [2.05, 4.69) is 20.3 Å². The molecule has 1 saturated heterocycles. The molecule has 0 saturated carbocycles.